The first-order chi connectivity index (χ1) is 8.66. The van der Waals surface area contributed by atoms with Gasteiger partial charge in [-0.15, -0.1) is 0 Å². The van der Waals surface area contributed by atoms with Crippen molar-refractivity contribution in [3.8, 4) is 0 Å². The van der Waals surface area contributed by atoms with Gasteiger partial charge in [0.15, 0.2) is 0 Å². The first-order valence-electron chi connectivity index (χ1n) is 5.07. The van der Waals surface area contributed by atoms with E-state index < -0.39 is 27.5 Å². The van der Waals surface area contributed by atoms with Crippen molar-refractivity contribution in [2.24, 2.45) is 0 Å². The predicted molar refractivity (Wildman–Crippen MR) is 59.0 cm³/mol. The number of hydrogen-bond acceptors (Lipinski definition) is 3. The van der Waals surface area contributed by atoms with E-state index in [1.807, 2.05) is 0 Å². The van der Waals surface area contributed by atoms with Gasteiger partial charge in [0.1, 0.15) is 6.04 Å². The van der Waals surface area contributed by atoms with Crippen LogP contribution in [-0.4, -0.2) is 31.0 Å². The lowest BCUT2D eigenvalue weighted by Crippen LogP contribution is -2.48. The van der Waals surface area contributed by atoms with Crippen molar-refractivity contribution in [1.29, 1.82) is 0 Å². The summed E-state index contributed by atoms with van der Waals surface area (Å²) in [5.74, 6) is -1.62. The van der Waals surface area contributed by atoms with Crippen LogP contribution in [0.15, 0.2) is 24.3 Å². The maximum absolute atomic E-state index is 12.6. The summed E-state index contributed by atoms with van der Waals surface area (Å²) in [4.78, 5) is 11.0. The Morgan fingerprint density at radius 3 is 2.42 bits per heavy atom. The lowest BCUT2D eigenvalue weighted by Gasteiger charge is -2.25. The molecule has 104 valence electrons. The first kappa shape index (κ1) is 13.7. The standard InChI is InChI=1S/C10H8F3NO4S/c11-10(12,13)19(17,18)14-7-4-2-1-3-6(7)5-8(14)9(15)16/h1-4,8H,5H2,(H,15,16)/t8-/m0/s1. The molecule has 0 fully saturated rings. The molecule has 0 spiro atoms. The number of para-hydroxylation sites is 1. The molecule has 9 heteroatoms. The summed E-state index contributed by atoms with van der Waals surface area (Å²) in [6.45, 7) is 0. The summed E-state index contributed by atoms with van der Waals surface area (Å²) in [7, 11) is -5.73. The molecule has 1 atom stereocenters. The number of carboxylic acids is 1. The van der Waals surface area contributed by atoms with E-state index in [0.29, 0.717) is 0 Å². The van der Waals surface area contributed by atoms with Crippen LogP contribution in [0, 0.1) is 0 Å². The fourth-order valence-corrected chi connectivity index (χ4v) is 3.11. The Morgan fingerprint density at radius 2 is 1.89 bits per heavy atom. The van der Waals surface area contributed by atoms with Crippen molar-refractivity contribution in [3.63, 3.8) is 0 Å². The second-order valence-electron chi connectivity index (χ2n) is 3.93. The van der Waals surface area contributed by atoms with Gasteiger partial charge in [-0.05, 0) is 11.6 Å². The van der Waals surface area contributed by atoms with Gasteiger partial charge in [-0.25, -0.2) is 9.10 Å². The minimum Gasteiger partial charge on any atom is -0.480 e. The molecule has 1 N–H and O–H groups in total. The second kappa shape index (κ2) is 4.12. The maximum Gasteiger partial charge on any atom is 0.516 e. The number of hydrogen-bond donors (Lipinski definition) is 1. The fraction of sp³-hybridized carbons (Fsp3) is 0.300. The lowest BCUT2D eigenvalue weighted by molar-refractivity contribution is -0.138. The molecule has 0 aromatic heterocycles. The molecule has 0 saturated heterocycles. The van der Waals surface area contributed by atoms with Gasteiger partial charge in [0.2, 0.25) is 0 Å². The highest BCUT2D eigenvalue weighted by atomic mass is 32.2. The van der Waals surface area contributed by atoms with Crippen molar-refractivity contribution in [1.82, 2.24) is 0 Å². The number of alkyl halides is 3. The van der Waals surface area contributed by atoms with Crippen LogP contribution >= 0.6 is 0 Å². The highest BCUT2D eigenvalue weighted by Crippen LogP contribution is 2.39. The average molecular weight is 295 g/mol. The van der Waals surface area contributed by atoms with E-state index in [-0.39, 0.29) is 22.0 Å². The first-order valence-corrected chi connectivity index (χ1v) is 6.51. The zero-order valence-electron chi connectivity index (χ0n) is 9.26. The largest absolute Gasteiger partial charge is 0.516 e. The maximum atomic E-state index is 12.6. The molecule has 0 saturated carbocycles. The van der Waals surface area contributed by atoms with Crippen LogP contribution in [0.5, 0.6) is 0 Å². The smallest absolute Gasteiger partial charge is 0.480 e. The summed E-state index contributed by atoms with van der Waals surface area (Å²) in [5.41, 5.74) is -5.53. The van der Waals surface area contributed by atoms with Crippen molar-refractivity contribution in [2.75, 3.05) is 4.31 Å². The molecule has 1 aliphatic heterocycles. The lowest BCUT2D eigenvalue weighted by atomic mass is 10.1. The van der Waals surface area contributed by atoms with Crippen LogP contribution in [0.1, 0.15) is 5.56 Å². The normalized spacial score (nSPS) is 19.3. The van der Waals surface area contributed by atoms with Gasteiger partial charge in [0.05, 0.1) is 5.69 Å². The van der Waals surface area contributed by atoms with Crippen molar-refractivity contribution in [2.45, 2.75) is 18.0 Å². The molecule has 2 rings (SSSR count). The molecular formula is C10H8F3NO4S. The number of benzene rings is 1. The second-order valence-corrected chi connectivity index (χ2v) is 5.74. The van der Waals surface area contributed by atoms with Gasteiger partial charge in [0, 0.05) is 6.42 Å². The number of carbonyl (C=O) groups is 1. The van der Waals surface area contributed by atoms with Gasteiger partial charge >= 0.3 is 21.5 Å². The number of sulfonamides is 1. The Balaban J connectivity index is 2.61. The van der Waals surface area contributed by atoms with E-state index in [1.165, 1.54) is 18.2 Å². The number of rotatable bonds is 2. The van der Waals surface area contributed by atoms with Crippen LogP contribution in [0.2, 0.25) is 0 Å². The Hall–Kier alpha value is -1.77. The monoisotopic (exact) mass is 295 g/mol. The fourth-order valence-electron chi connectivity index (χ4n) is 1.95. The minimum absolute atomic E-state index is 0.0648. The number of halogens is 3. The molecule has 0 radical (unpaired) electrons. The van der Waals surface area contributed by atoms with Crippen LogP contribution in [0.4, 0.5) is 18.9 Å². The van der Waals surface area contributed by atoms with Crippen LogP contribution in [0.25, 0.3) is 0 Å². The van der Waals surface area contributed by atoms with Gasteiger partial charge in [-0.1, -0.05) is 18.2 Å². The van der Waals surface area contributed by atoms with Crippen molar-refractivity contribution in [3.05, 3.63) is 29.8 Å². The number of aliphatic carboxylic acids is 1. The third-order valence-corrected chi connectivity index (χ3v) is 4.32. The van der Waals surface area contributed by atoms with E-state index in [4.69, 9.17) is 5.11 Å². The minimum atomic E-state index is -5.73. The van der Waals surface area contributed by atoms with E-state index in [9.17, 15) is 26.4 Å². The van der Waals surface area contributed by atoms with Gasteiger partial charge < -0.3 is 5.11 Å². The third-order valence-electron chi connectivity index (χ3n) is 2.76. The Bertz CT molecular complexity index is 626. The number of anilines is 1. The molecule has 1 aromatic carbocycles. The summed E-state index contributed by atoms with van der Waals surface area (Å²) < 4.78 is 60.7. The number of fused-ring (bicyclic) bond motifs is 1. The zero-order valence-corrected chi connectivity index (χ0v) is 10.1. The molecule has 1 heterocycles. The van der Waals surface area contributed by atoms with Gasteiger partial charge in [-0.2, -0.15) is 21.6 Å². The van der Waals surface area contributed by atoms with Crippen LogP contribution in [0.3, 0.4) is 0 Å². The van der Waals surface area contributed by atoms with Gasteiger partial charge in [-0.3, -0.25) is 0 Å². The van der Waals surface area contributed by atoms with E-state index in [1.54, 1.807) is 0 Å². The molecule has 19 heavy (non-hydrogen) atoms. The molecule has 5 nitrogen and oxygen atoms in total. The van der Waals surface area contributed by atoms with Crippen molar-refractivity contribution >= 4 is 21.7 Å². The van der Waals surface area contributed by atoms with Crippen molar-refractivity contribution < 1.29 is 31.5 Å². The SMILES string of the molecule is O=C(O)[C@@H]1Cc2ccccc2N1S(=O)(=O)C(F)(F)F. The molecule has 1 aromatic rings. The number of nitrogens with zero attached hydrogens (tertiary/aromatic N) is 1. The Labute approximate surface area is 106 Å². The molecule has 0 aliphatic carbocycles. The zero-order chi connectivity index (χ0) is 14.4. The predicted octanol–water partition coefficient (Wildman–Crippen LogP) is 1.35. The molecule has 0 bridgehead atoms. The van der Waals surface area contributed by atoms with E-state index >= 15 is 0 Å². The third kappa shape index (κ3) is 2.03. The Morgan fingerprint density at radius 1 is 1.32 bits per heavy atom. The molecular weight excluding hydrogens is 287 g/mol. The average Bonchev–Trinajstić information content (AvgIpc) is 2.66. The molecule has 0 amide bonds. The number of carboxylic acid groups (broad SMARTS) is 1. The summed E-state index contributed by atoms with van der Waals surface area (Å²) >= 11 is 0. The summed E-state index contributed by atoms with van der Waals surface area (Å²) in [5, 5.41) is 8.91. The molecule has 0 unspecified atom stereocenters. The summed E-state index contributed by atoms with van der Waals surface area (Å²) in [6.07, 6.45) is -0.291. The highest BCUT2D eigenvalue weighted by Gasteiger charge is 2.55. The summed E-state index contributed by atoms with van der Waals surface area (Å²) in [6, 6.07) is 3.63. The molecule has 1 aliphatic rings. The quantitative estimate of drug-likeness (QED) is 0.893. The van der Waals surface area contributed by atoms with Crippen LogP contribution < -0.4 is 4.31 Å². The van der Waals surface area contributed by atoms with E-state index in [0.717, 1.165) is 6.07 Å². The van der Waals surface area contributed by atoms with E-state index in [2.05, 4.69) is 0 Å². The van der Waals surface area contributed by atoms with Crippen LogP contribution in [-0.2, 0) is 21.2 Å². The Kier molecular flexibility index (Phi) is 2.96. The highest BCUT2D eigenvalue weighted by molar-refractivity contribution is 7.93. The van der Waals surface area contributed by atoms with Gasteiger partial charge in [0.25, 0.3) is 0 Å². The topological polar surface area (TPSA) is 74.7 Å².